The van der Waals surface area contributed by atoms with E-state index in [1.165, 1.54) is 11.9 Å². The van der Waals surface area contributed by atoms with Gasteiger partial charge in [0.2, 0.25) is 5.96 Å². The Bertz CT molecular complexity index is 672. The highest BCUT2D eigenvalue weighted by Crippen LogP contribution is 2.50. The first-order chi connectivity index (χ1) is 16.7. The highest BCUT2D eigenvalue weighted by molar-refractivity contribution is 7.52. The number of esters is 1. The average Bonchev–Trinajstić information content (AvgIpc) is 2.80. The molecule has 0 heterocycles. The molecule has 0 fully saturated rings. The maximum absolute atomic E-state index is 13.1. The fraction of sp³-hybridized carbons (Fsp3) is 0.800. The Kier molecular flexibility index (Phi) is 18.3. The molecule has 0 spiro atoms. The standard InChI is InChI=1S/C20H38N3O11P/c1-5-10-29-19(25)31-12-8-14-33-35(27,22-18(21)23(4)16-17(24)28-7-3)34-15-9-13-32-20(26)30-11-6-2/h5-16H2,1-4H3,(H2,21,22,27). The van der Waals surface area contributed by atoms with Crippen LogP contribution in [-0.4, -0.2) is 89.0 Å². The number of nitrogens with two attached hydrogens (primary N) is 1. The molecular formula is C20H38N3O11P. The number of hydrogen-bond donors (Lipinski definition) is 1. The van der Waals surface area contributed by atoms with Crippen molar-refractivity contribution in [2.75, 3.05) is 59.8 Å². The molecule has 14 nitrogen and oxygen atoms in total. The normalized spacial score (nSPS) is 11.5. The highest BCUT2D eigenvalue weighted by Gasteiger charge is 2.26. The van der Waals surface area contributed by atoms with Crippen LogP contribution in [0.3, 0.4) is 0 Å². The van der Waals surface area contributed by atoms with Crippen LogP contribution in [0.15, 0.2) is 4.76 Å². The summed E-state index contributed by atoms with van der Waals surface area (Å²) in [7, 11) is -2.68. The third kappa shape index (κ3) is 17.5. The van der Waals surface area contributed by atoms with Crippen molar-refractivity contribution < 1.29 is 51.7 Å². The molecule has 0 saturated carbocycles. The summed E-state index contributed by atoms with van der Waals surface area (Å²) in [6.07, 6.45) is 0.0455. The van der Waals surface area contributed by atoms with Crippen molar-refractivity contribution >= 4 is 32.0 Å². The molecule has 0 amide bonds. The predicted molar refractivity (Wildman–Crippen MR) is 125 cm³/mol. The number of rotatable bonds is 18. The highest BCUT2D eigenvalue weighted by atomic mass is 31.2. The van der Waals surface area contributed by atoms with Gasteiger partial charge in [-0.1, -0.05) is 13.8 Å². The Labute approximate surface area is 205 Å². The van der Waals surface area contributed by atoms with E-state index in [9.17, 15) is 18.9 Å². The quantitative estimate of drug-likeness (QED) is 0.0688. The molecule has 0 aliphatic rings. The summed E-state index contributed by atoms with van der Waals surface area (Å²) in [6.45, 7) is 5.42. The number of guanidine groups is 1. The van der Waals surface area contributed by atoms with E-state index in [0.717, 1.165) is 0 Å². The Morgan fingerprint density at radius 3 is 1.66 bits per heavy atom. The van der Waals surface area contributed by atoms with Crippen molar-refractivity contribution in [1.29, 1.82) is 0 Å². The van der Waals surface area contributed by atoms with Crippen LogP contribution < -0.4 is 5.73 Å². The van der Waals surface area contributed by atoms with Gasteiger partial charge in [-0.15, -0.1) is 4.76 Å². The summed E-state index contributed by atoms with van der Waals surface area (Å²) in [5, 5.41) is 0. The van der Waals surface area contributed by atoms with Gasteiger partial charge in [-0.25, -0.2) is 14.2 Å². The zero-order valence-corrected chi connectivity index (χ0v) is 21.8. The van der Waals surface area contributed by atoms with E-state index < -0.39 is 26.0 Å². The van der Waals surface area contributed by atoms with Gasteiger partial charge in [-0.2, -0.15) is 0 Å². The number of nitrogens with zero attached hydrogens (tertiary/aromatic N) is 2. The Morgan fingerprint density at radius 2 is 1.23 bits per heavy atom. The molecule has 0 unspecified atom stereocenters. The third-order valence-electron chi connectivity index (χ3n) is 3.66. The van der Waals surface area contributed by atoms with Gasteiger partial charge in [-0.3, -0.25) is 13.8 Å². The molecule has 0 radical (unpaired) electrons. The number of carbonyl (C=O) groups excluding carboxylic acids is 3. The molecule has 0 aromatic carbocycles. The largest absolute Gasteiger partial charge is 0.508 e. The van der Waals surface area contributed by atoms with E-state index in [4.69, 9.17) is 38.5 Å². The second-order valence-electron chi connectivity index (χ2n) is 6.86. The molecule has 2 N–H and O–H groups in total. The van der Waals surface area contributed by atoms with Crippen LogP contribution in [0.25, 0.3) is 0 Å². The second-order valence-corrected chi connectivity index (χ2v) is 8.51. The van der Waals surface area contributed by atoms with Gasteiger partial charge < -0.3 is 34.3 Å². The number of hydrogen-bond acceptors (Lipinski definition) is 11. The lowest BCUT2D eigenvalue weighted by atomic mass is 10.5. The average molecular weight is 528 g/mol. The maximum Gasteiger partial charge on any atom is 0.508 e. The third-order valence-corrected chi connectivity index (χ3v) is 5.13. The summed E-state index contributed by atoms with van der Waals surface area (Å²) in [5.74, 6) is -0.829. The lowest BCUT2D eigenvalue weighted by Crippen LogP contribution is -2.38. The van der Waals surface area contributed by atoms with Crippen LogP contribution in [0.5, 0.6) is 0 Å². The van der Waals surface area contributed by atoms with Crippen LogP contribution in [0.4, 0.5) is 9.59 Å². The minimum absolute atomic E-state index is 0.0434. The van der Waals surface area contributed by atoms with Gasteiger partial charge in [0, 0.05) is 19.9 Å². The van der Waals surface area contributed by atoms with E-state index in [1.54, 1.807) is 6.92 Å². The van der Waals surface area contributed by atoms with Gasteiger partial charge in [0.05, 0.1) is 46.2 Å². The molecule has 0 bridgehead atoms. The maximum atomic E-state index is 13.1. The fourth-order valence-electron chi connectivity index (χ4n) is 2.02. The smallest absolute Gasteiger partial charge is 0.465 e. The van der Waals surface area contributed by atoms with E-state index in [1.807, 2.05) is 13.8 Å². The summed E-state index contributed by atoms with van der Waals surface area (Å²) in [5.41, 5.74) is 5.85. The topological polar surface area (TPSA) is 175 Å². The van der Waals surface area contributed by atoms with E-state index >= 15 is 0 Å². The second kappa shape index (κ2) is 19.7. The summed E-state index contributed by atoms with van der Waals surface area (Å²) in [6, 6.07) is 0. The van der Waals surface area contributed by atoms with E-state index in [0.29, 0.717) is 12.8 Å². The number of likely N-dealkylation sites (N-methyl/N-ethyl adjacent to an activating group) is 1. The Balaban J connectivity index is 4.84. The predicted octanol–water partition coefficient (Wildman–Crippen LogP) is 2.84. The first kappa shape index (κ1) is 32.4. The van der Waals surface area contributed by atoms with Gasteiger partial charge in [0.15, 0.2) is 0 Å². The van der Waals surface area contributed by atoms with Crippen LogP contribution in [0, 0.1) is 0 Å². The first-order valence-corrected chi connectivity index (χ1v) is 12.9. The molecule has 204 valence electrons. The van der Waals surface area contributed by atoms with E-state index in [2.05, 4.69) is 4.76 Å². The van der Waals surface area contributed by atoms with Gasteiger partial charge in [0.25, 0.3) is 0 Å². The van der Waals surface area contributed by atoms with Crippen molar-refractivity contribution in [3.63, 3.8) is 0 Å². The lowest BCUT2D eigenvalue weighted by molar-refractivity contribution is -0.143. The minimum Gasteiger partial charge on any atom is -0.465 e. The van der Waals surface area contributed by atoms with Crippen LogP contribution in [0.2, 0.25) is 0 Å². The van der Waals surface area contributed by atoms with Gasteiger partial charge in [-0.05, 0) is 19.8 Å². The SMILES string of the molecule is CCCOC(=O)OCCCOP(=O)(N=C(N)N(C)CC(=O)OCC)OCCCOC(=O)OCCC. The number of ether oxygens (including phenoxy) is 5. The molecule has 0 aromatic heterocycles. The fourth-order valence-corrected chi connectivity index (χ4v) is 3.33. The summed E-state index contributed by atoms with van der Waals surface area (Å²) >= 11 is 0. The number of carbonyl (C=O) groups is 3. The molecule has 0 saturated heterocycles. The monoisotopic (exact) mass is 527 g/mol. The molecule has 0 aromatic rings. The van der Waals surface area contributed by atoms with Gasteiger partial charge >= 0.3 is 26.0 Å². The zero-order chi connectivity index (χ0) is 26.5. The molecule has 35 heavy (non-hydrogen) atoms. The Morgan fingerprint density at radius 1 is 0.771 bits per heavy atom. The lowest BCUT2D eigenvalue weighted by Gasteiger charge is -2.20. The molecule has 15 heteroatoms. The molecular weight excluding hydrogens is 489 g/mol. The molecule has 0 atom stereocenters. The zero-order valence-electron chi connectivity index (χ0n) is 20.9. The van der Waals surface area contributed by atoms with Crippen molar-refractivity contribution in [3.8, 4) is 0 Å². The molecule has 0 aliphatic heterocycles. The first-order valence-electron chi connectivity index (χ1n) is 11.4. The Hall–Kier alpha value is -2.57. The van der Waals surface area contributed by atoms with Crippen LogP contribution in [0.1, 0.15) is 46.5 Å². The molecule has 0 rings (SSSR count). The van der Waals surface area contributed by atoms with Crippen molar-refractivity contribution in [2.45, 2.75) is 46.5 Å². The van der Waals surface area contributed by atoms with Crippen LogP contribution in [-0.2, 0) is 42.1 Å². The van der Waals surface area contributed by atoms with Crippen molar-refractivity contribution in [2.24, 2.45) is 10.5 Å². The minimum atomic E-state index is -4.13. The van der Waals surface area contributed by atoms with Crippen molar-refractivity contribution in [1.82, 2.24) is 4.90 Å². The van der Waals surface area contributed by atoms with Crippen LogP contribution >= 0.6 is 7.75 Å². The summed E-state index contributed by atoms with van der Waals surface area (Å²) < 4.78 is 51.6. The van der Waals surface area contributed by atoms with Crippen molar-refractivity contribution in [3.05, 3.63) is 0 Å². The van der Waals surface area contributed by atoms with Gasteiger partial charge in [0.1, 0.15) is 6.54 Å². The summed E-state index contributed by atoms with van der Waals surface area (Å²) in [4.78, 5) is 35.5. The molecule has 0 aliphatic carbocycles. The van der Waals surface area contributed by atoms with E-state index in [-0.39, 0.29) is 71.6 Å².